The average molecular weight is 264 g/mol. The van der Waals surface area contributed by atoms with Crippen molar-refractivity contribution in [2.45, 2.75) is 0 Å². The molecule has 0 saturated carbocycles. The molecule has 0 unspecified atom stereocenters. The lowest BCUT2D eigenvalue weighted by Crippen LogP contribution is -1.92. The van der Waals surface area contributed by atoms with Gasteiger partial charge in [0.15, 0.2) is 0 Å². The first-order valence-electron chi connectivity index (χ1n) is 6.17. The van der Waals surface area contributed by atoms with Gasteiger partial charge in [-0.15, -0.1) is 0 Å². The Kier molecular flexibility index (Phi) is 2.26. The second kappa shape index (κ2) is 4.09. The first-order valence-corrected chi connectivity index (χ1v) is 6.17. The Morgan fingerprint density at radius 3 is 2.70 bits per heavy atom. The number of hydrogen-bond donors (Lipinski definition) is 0. The van der Waals surface area contributed by atoms with Gasteiger partial charge in [-0.3, -0.25) is 4.40 Å². The number of para-hydroxylation sites is 2. The van der Waals surface area contributed by atoms with Gasteiger partial charge in [-0.25, -0.2) is 15.0 Å². The summed E-state index contributed by atoms with van der Waals surface area (Å²) >= 11 is 0. The van der Waals surface area contributed by atoms with Crippen LogP contribution in [0.5, 0.6) is 0 Å². The molecule has 0 aliphatic rings. The molecule has 96 valence electrons. The van der Waals surface area contributed by atoms with Crippen LogP contribution in [0.2, 0.25) is 0 Å². The molecule has 0 bridgehead atoms. The molecule has 0 aliphatic heterocycles. The molecule has 0 fully saturated rings. The highest BCUT2D eigenvalue weighted by molar-refractivity contribution is 5.79. The van der Waals surface area contributed by atoms with Gasteiger partial charge in [0.2, 0.25) is 11.7 Å². The van der Waals surface area contributed by atoms with Crippen LogP contribution in [0.1, 0.15) is 0 Å². The van der Waals surface area contributed by atoms with Crippen molar-refractivity contribution in [3.8, 4) is 11.3 Å². The molecule has 3 heterocycles. The molecule has 0 N–H and O–H groups in total. The maximum atomic E-state index is 12.8. The molecule has 0 aliphatic carbocycles. The van der Waals surface area contributed by atoms with Crippen molar-refractivity contribution in [1.29, 1.82) is 0 Å². The fraction of sp³-hybridized carbons (Fsp3) is 0. The molecular weight excluding hydrogens is 255 g/mol. The van der Waals surface area contributed by atoms with E-state index in [0.29, 0.717) is 5.78 Å². The highest BCUT2D eigenvalue weighted by Crippen LogP contribution is 2.20. The van der Waals surface area contributed by atoms with Gasteiger partial charge >= 0.3 is 0 Å². The van der Waals surface area contributed by atoms with Crippen molar-refractivity contribution in [2.75, 3.05) is 0 Å². The van der Waals surface area contributed by atoms with Crippen molar-refractivity contribution >= 4 is 16.8 Å². The highest BCUT2D eigenvalue weighted by atomic mass is 19.1. The number of halogens is 1. The van der Waals surface area contributed by atoms with Crippen molar-refractivity contribution in [3.63, 3.8) is 0 Å². The predicted molar refractivity (Wildman–Crippen MR) is 73.7 cm³/mol. The van der Waals surface area contributed by atoms with Crippen LogP contribution in [0.4, 0.5) is 4.39 Å². The summed E-state index contributed by atoms with van der Waals surface area (Å²) in [6, 6.07) is 12.7. The van der Waals surface area contributed by atoms with Crippen LogP contribution in [0.15, 0.2) is 54.9 Å². The summed E-state index contributed by atoms with van der Waals surface area (Å²) in [4.78, 5) is 12.6. The standard InChI is InChI=1S/C15H9FN4/c16-14-6-5-10(9-17-14)11-7-8-20-13-4-2-1-3-12(13)19-15(20)18-11/h1-9H. The topological polar surface area (TPSA) is 43.1 Å². The van der Waals surface area contributed by atoms with Gasteiger partial charge in [0, 0.05) is 18.0 Å². The summed E-state index contributed by atoms with van der Waals surface area (Å²) in [5.41, 5.74) is 3.40. The van der Waals surface area contributed by atoms with Gasteiger partial charge in [0.25, 0.3) is 0 Å². The van der Waals surface area contributed by atoms with E-state index in [2.05, 4.69) is 15.0 Å². The lowest BCUT2D eigenvalue weighted by atomic mass is 10.2. The molecule has 3 aromatic heterocycles. The maximum absolute atomic E-state index is 12.8. The fourth-order valence-electron chi connectivity index (χ4n) is 2.24. The van der Waals surface area contributed by atoms with Gasteiger partial charge in [-0.2, -0.15) is 4.39 Å². The number of pyridine rings is 1. The molecule has 4 nitrogen and oxygen atoms in total. The molecule has 1 aromatic carbocycles. The van der Waals surface area contributed by atoms with E-state index in [4.69, 9.17) is 0 Å². The Morgan fingerprint density at radius 2 is 1.85 bits per heavy atom. The van der Waals surface area contributed by atoms with Gasteiger partial charge in [-0.1, -0.05) is 12.1 Å². The molecule has 4 rings (SSSR count). The van der Waals surface area contributed by atoms with Crippen LogP contribution in [-0.4, -0.2) is 19.4 Å². The number of nitrogens with zero attached hydrogens (tertiary/aromatic N) is 4. The summed E-state index contributed by atoms with van der Waals surface area (Å²) < 4.78 is 14.8. The van der Waals surface area contributed by atoms with Crippen LogP contribution < -0.4 is 0 Å². The Hall–Kier alpha value is -2.82. The zero-order valence-electron chi connectivity index (χ0n) is 10.4. The number of fused-ring (bicyclic) bond motifs is 3. The van der Waals surface area contributed by atoms with E-state index in [1.165, 1.54) is 12.3 Å². The second-order valence-corrected chi connectivity index (χ2v) is 4.45. The van der Waals surface area contributed by atoms with Gasteiger partial charge in [0.1, 0.15) is 0 Å². The number of rotatable bonds is 1. The van der Waals surface area contributed by atoms with E-state index in [1.54, 1.807) is 6.07 Å². The van der Waals surface area contributed by atoms with E-state index >= 15 is 0 Å². The summed E-state index contributed by atoms with van der Waals surface area (Å²) in [5.74, 6) is 0.120. The van der Waals surface area contributed by atoms with E-state index in [0.717, 1.165) is 22.3 Å². The van der Waals surface area contributed by atoms with Gasteiger partial charge < -0.3 is 0 Å². The van der Waals surface area contributed by atoms with Crippen LogP contribution in [0, 0.1) is 5.95 Å². The third-order valence-corrected chi connectivity index (χ3v) is 3.20. The molecule has 0 spiro atoms. The number of benzene rings is 1. The summed E-state index contributed by atoms with van der Waals surface area (Å²) in [6.45, 7) is 0. The smallest absolute Gasteiger partial charge is 0.235 e. The zero-order chi connectivity index (χ0) is 13.5. The SMILES string of the molecule is Fc1ccc(-c2ccn3c(n2)nc2ccccc23)cn1. The number of aromatic nitrogens is 4. The molecule has 0 saturated heterocycles. The molecule has 0 radical (unpaired) electrons. The fourth-order valence-corrected chi connectivity index (χ4v) is 2.24. The number of hydrogen-bond acceptors (Lipinski definition) is 3. The van der Waals surface area contributed by atoms with Gasteiger partial charge in [-0.05, 0) is 30.3 Å². The molecule has 5 heteroatoms. The normalized spacial score (nSPS) is 11.2. The summed E-state index contributed by atoms with van der Waals surface area (Å²) in [7, 11) is 0. The second-order valence-electron chi connectivity index (χ2n) is 4.45. The van der Waals surface area contributed by atoms with Crippen molar-refractivity contribution < 1.29 is 4.39 Å². The van der Waals surface area contributed by atoms with Crippen LogP contribution in [0.25, 0.3) is 28.1 Å². The van der Waals surface area contributed by atoms with Crippen LogP contribution in [-0.2, 0) is 0 Å². The third kappa shape index (κ3) is 1.64. The van der Waals surface area contributed by atoms with Crippen molar-refractivity contribution in [3.05, 3.63) is 60.8 Å². The summed E-state index contributed by atoms with van der Waals surface area (Å²) in [5, 5.41) is 0. The van der Waals surface area contributed by atoms with E-state index in [9.17, 15) is 4.39 Å². The first-order chi connectivity index (χ1) is 9.81. The zero-order valence-corrected chi connectivity index (χ0v) is 10.4. The largest absolute Gasteiger partial charge is 0.284 e. The molecular formula is C15H9FN4. The minimum Gasteiger partial charge on any atom is -0.284 e. The van der Waals surface area contributed by atoms with Gasteiger partial charge in [0.05, 0.1) is 16.7 Å². The van der Waals surface area contributed by atoms with Crippen LogP contribution >= 0.6 is 0 Å². The van der Waals surface area contributed by atoms with E-state index < -0.39 is 5.95 Å². The average Bonchev–Trinajstić information content (AvgIpc) is 2.85. The predicted octanol–water partition coefficient (Wildman–Crippen LogP) is 3.08. The minimum absolute atomic E-state index is 0.499. The Labute approximate surface area is 113 Å². The Bertz CT molecular complexity index is 912. The minimum atomic E-state index is -0.499. The molecule has 0 atom stereocenters. The highest BCUT2D eigenvalue weighted by Gasteiger charge is 2.07. The van der Waals surface area contributed by atoms with E-state index in [1.807, 2.05) is 40.9 Å². The lowest BCUT2D eigenvalue weighted by molar-refractivity contribution is 0.584. The Balaban J connectivity index is 1.94. The monoisotopic (exact) mass is 264 g/mol. The van der Waals surface area contributed by atoms with Crippen molar-refractivity contribution in [1.82, 2.24) is 19.4 Å². The Morgan fingerprint density at radius 1 is 0.950 bits per heavy atom. The van der Waals surface area contributed by atoms with Crippen molar-refractivity contribution in [2.24, 2.45) is 0 Å². The summed E-state index contributed by atoms with van der Waals surface area (Å²) in [6.07, 6.45) is 3.38. The number of imidazole rings is 1. The quantitative estimate of drug-likeness (QED) is 0.496. The maximum Gasteiger partial charge on any atom is 0.235 e. The van der Waals surface area contributed by atoms with E-state index in [-0.39, 0.29) is 0 Å². The molecule has 20 heavy (non-hydrogen) atoms. The van der Waals surface area contributed by atoms with Crippen LogP contribution in [0.3, 0.4) is 0 Å². The molecule has 0 amide bonds. The third-order valence-electron chi connectivity index (χ3n) is 3.20. The lowest BCUT2D eigenvalue weighted by Gasteiger charge is -2.01. The molecule has 4 aromatic rings. The first kappa shape index (κ1) is 11.0.